The quantitative estimate of drug-likeness (QED) is 0.862. The highest BCUT2D eigenvalue weighted by atomic mass is 16.5. The molecular weight excluding hydrogens is 238 g/mol. The van der Waals surface area contributed by atoms with E-state index >= 15 is 0 Å². The average Bonchev–Trinajstić information content (AvgIpc) is 2.68. The maximum Gasteiger partial charge on any atom is 0.329 e. The Morgan fingerprint density at radius 1 is 1.56 bits per heavy atom. The number of rotatable bonds is 4. The highest BCUT2D eigenvalue weighted by molar-refractivity contribution is 5.93. The first-order valence-corrected chi connectivity index (χ1v) is 5.60. The lowest BCUT2D eigenvalue weighted by molar-refractivity contribution is -0.160. The lowest BCUT2D eigenvalue weighted by Crippen LogP contribution is -2.63. The number of amides is 1. The predicted octanol–water partition coefficient (Wildman–Crippen LogP) is 0.904. The van der Waals surface area contributed by atoms with Gasteiger partial charge in [-0.3, -0.25) is 4.79 Å². The van der Waals surface area contributed by atoms with E-state index in [4.69, 9.17) is 14.3 Å². The van der Waals surface area contributed by atoms with Crippen LogP contribution in [-0.2, 0) is 9.53 Å². The molecule has 6 nitrogen and oxygen atoms in total. The van der Waals surface area contributed by atoms with Crippen molar-refractivity contribution >= 4 is 11.9 Å². The molecule has 0 saturated carbocycles. The molecule has 6 heteroatoms. The molecule has 0 bridgehead atoms. The number of nitrogens with zero attached hydrogens (tertiary/aromatic N) is 1. The van der Waals surface area contributed by atoms with E-state index in [1.807, 2.05) is 0 Å². The van der Waals surface area contributed by atoms with Crippen LogP contribution in [0.15, 0.2) is 16.7 Å². The smallest absolute Gasteiger partial charge is 0.329 e. The number of likely N-dealkylation sites (tertiary alicyclic amines) is 1. The number of carbonyl (C=O) groups excluding carboxylic acids is 1. The monoisotopic (exact) mass is 253 g/mol. The largest absolute Gasteiger partial charge is 0.480 e. The van der Waals surface area contributed by atoms with Gasteiger partial charge in [0.25, 0.3) is 5.91 Å². The summed E-state index contributed by atoms with van der Waals surface area (Å²) in [6, 6.07) is 1.73. The topological polar surface area (TPSA) is 80.0 Å². The molecule has 1 aromatic heterocycles. The van der Waals surface area contributed by atoms with Gasteiger partial charge in [-0.15, -0.1) is 0 Å². The molecule has 2 rings (SSSR count). The van der Waals surface area contributed by atoms with Gasteiger partial charge in [0.15, 0.2) is 5.76 Å². The van der Waals surface area contributed by atoms with Crippen LogP contribution in [0.1, 0.15) is 23.0 Å². The van der Waals surface area contributed by atoms with E-state index in [1.165, 1.54) is 6.26 Å². The number of hydrogen-bond acceptors (Lipinski definition) is 4. The predicted molar refractivity (Wildman–Crippen MR) is 61.3 cm³/mol. The van der Waals surface area contributed by atoms with Crippen molar-refractivity contribution in [3.63, 3.8) is 0 Å². The third-order valence-electron chi connectivity index (χ3n) is 2.94. The molecule has 1 aliphatic heterocycles. The van der Waals surface area contributed by atoms with Crippen LogP contribution < -0.4 is 0 Å². The number of carboxylic acids is 1. The minimum atomic E-state index is -1.01. The Morgan fingerprint density at radius 2 is 2.22 bits per heavy atom. The molecule has 1 amide bonds. The van der Waals surface area contributed by atoms with Gasteiger partial charge in [0.2, 0.25) is 0 Å². The maximum atomic E-state index is 12.0. The molecule has 0 unspecified atom stereocenters. The molecule has 0 atom stereocenters. The second kappa shape index (κ2) is 4.45. The van der Waals surface area contributed by atoms with Crippen molar-refractivity contribution in [2.24, 2.45) is 0 Å². The summed E-state index contributed by atoms with van der Waals surface area (Å²) in [6.07, 6.45) is 1.47. The highest BCUT2D eigenvalue weighted by Crippen LogP contribution is 2.27. The van der Waals surface area contributed by atoms with Gasteiger partial charge in [-0.1, -0.05) is 0 Å². The number of carbonyl (C=O) groups is 2. The van der Waals surface area contributed by atoms with Gasteiger partial charge in [0, 0.05) is 5.56 Å². The van der Waals surface area contributed by atoms with Crippen molar-refractivity contribution < 1.29 is 23.8 Å². The fourth-order valence-electron chi connectivity index (χ4n) is 1.97. The van der Waals surface area contributed by atoms with Crippen molar-refractivity contribution in [1.82, 2.24) is 4.90 Å². The normalized spacial score (nSPS) is 17.3. The lowest BCUT2D eigenvalue weighted by atomic mass is 9.96. The third-order valence-corrected chi connectivity index (χ3v) is 2.94. The van der Waals surface area contributed by atoms with Crippen molar-refractivity contribution in [2.45, 2.75) is 19.4 Å². The molecule has 2 heterocycles. The van der Waals surface area contributed by atoms with Crippen molar-refractivity contribution in [3.05, 3.63) is 23.7 Å². The Kier molecular flexibility index (Phi) is 3.13. The summed E-state index contributed by atoms with van der Waals surface area (Å²) in [5, 5.41) is 8.54. The van der Waals surface area contributed by atoms with Crippen molar-refractivity contribution in [2.75, 3.05) is 19.7 Å². The van der Waals surface area contributed by atoms with Crippen LogP contribution in [0.5, 0.6) is 0 Å². The third kappa shape index (κ3) is 2.38. The fraction of sp³-hybridized carbons (Fsp3) is 0.500. The molecule has 1 aliphatic rings. The Morgan fingerprint density at radius 3 is 2.72 bits per heavy atom. The Hall–Kier alpha value is -1.82. The number of carboxylic acid groups (broad SMARTS) is 1. The second-order valence-corrected chi connectivity index (χ2v) is 4.73. The summed E-state index contributed by atoms with van der Waals surface area (Å²) in [4.78, 5) is 24.0. The summed E-state index contributed by atoms with van der Waals surface area (Å²) < 4.78 is 10.4. The first-order valence-electron chi connectivity index (χ1n) is 5.60. The molecule has 1 saturated heterocycles. The van der Waals surface area contributed by atoms with Gasteiger partial charge in [0.1, 0.15) is 12.2 Å². The van der Waals surface area contributed by atoms with E-state index in [9.17, 15) is 9.59 Å². The first-order chi connectivity index (χ1) is 8.41. The molecule has 1 fully saturated rings. The molecule has 1 aromatic rings. The number of furan rings is 1. The molecule has 0 radical (unpaired) electrons. The van der Waals surface area contributed by atoms with Crippen molar-refractivity contribution in [1.29, 1.82) is 0 Å². The van der Waals surface area contributed by atoms with Gasteiger partial charge in [-0.05, 0) is 19.9 Å². The number of aliphatic carboxylic acids is 1. The van der Waals surface area contributed by atoms with E-state index in [1.54, 1.807) is 24.8 Å². The van der Waals surface area contributed by atoms with E-state index in [0.717, 1.165) is 5.56 Å². The molecule has 18 heavy (non-hydrogen) atoms. The van der Waals surface area contributed by atoms with Crippen LogP contribution in [-0.4, -0.2) is 47.2 Å². The van der Waals surface area contributed by atoms with Crippen LogP contribution in [0, 0.1) is 6.92 Å². The first kappa shape index (κ1) is 12.6. The highest BCUT2D eigenvalue weighted by Gasteiger charge is 2.43. The van der Waals surface area contributed by atoms with Crippen LogP contribution >= 0.6 is 0 Å². The zero-order valence-electron chi connectivity index (χ0n) is 10.3. The summed E-state index contributed by atoms with van der Waals surface area (Å²) in [6.45, 7) is 3.99. The summed E-state index contributed by atoms with van der Waals surface area (Å²) in [5.41, 5.74) is 0.217. The Balaban J connectivity index is 1.91. The fourth-order valence-corrected chi connectivity index (χ4v) is 1.97. The number of hydrogen-bond donors (Lipinski definition) is 1. The summed E-state index contributed by atoms with van der Waals surface area (Å²) >= 11 is 0. The minimum absolute atomic E-state index is 0.186. The SMILES string of the molecule is Cc1ccoc1C(=O)N1CC(C)(OCC(=O)O)C1. The van der Waals surface area contributed by atoms with Crippen molar-refractivity contribution in [3.8, 4) is 0 Å². The number of ether oxygens (including phenoxy) is 1. The van der Waals surface area contributed by atoms with Gasteiger partial charge in [-0.25, -0.2) is 4.79 Å². The van der Waals surface area contributed by atoms with E-state index in [2.05, 4.69) is 0 Å². The molecular formula is C12H15NO5. The summed E-state index contributed by atoms with van der Waals surface area (Å²) in [7, 11) is 0. The molecule has 0 spiro atoms. The Bertz CT molecular complexity index is 473. The standard InChI is InChI=1S/C12H15NO5/c1-8-3-4-17-10(8)11(16)13-6-12(2,7-13)18-5-9(14)15/h3-4H,5-7H2,1-2H3,(H,14,15). The van der Waals surface area contributed by atoms with E-state index < -0.39 is 11.6 Å². The molecule has 1 N–H and O–H groups in total. The second-order valence-electron chi connectivity index (χ2n) is 4.73. The van der Waals surface area contributed by atoms with Gasteiger partial charge in [0.05, 0.1) is 19.4 Å². The van der Waals surface area contributed by atoms with Gasteiger partial charge in [-0.2, -0.15) is 0 Å². The molecule has 0 aromatic carbocycles. The zero-order chi connectivity index (χ0) is 13.3. The molecule has 98 valence electrons. The summed E-state index contributed by atoms with van der Waals surface area (Å²) in [5.74, 6) is -0.868. The van der Waals surface area contributed by atoms with E-state index in [0.29, 0.717) is 18.8 Å². The van der Waals surface area contributed by atoms with Gasteiger partial charge >= 0.3 is 5.97 Å². The van der Waals surface area contributed by atoms with Gasteiger partial charge < -0.3 is 19.2 Å². The maximum absolute atomic E-state index is 12.0. The van der Waals surface area contributed by atoms with Crippen LogP contribution in [0.2, 0.25) is 0 Å². The Labute approximate surface area is 104 Å². The zero-order valence-corrected chi connectivity index (χ0v) is 10.3. The number of aryl methyl sites for hydroxylation is 1. The van der Waals surface area contributed by atoms with Crippen LogP contribution in [0.4, 0.5) is 0 Å². The van der Waals surface area contributed by atoms with Crippen LogP contribution in [0.25, 0.3) is 0 Å². The van der Waals surface area contributed by atoms with E-state index in [-0.39, 0.29) is 12.5 Å². The lowest BCUT2D eigenvalue weighted by Gasteiger charge is -2.46. The molecule has 0 aliphatic carbocycles. The van der Waals surface area contributed by atoms with Crippen LogP contribution in [0.3, 0.4) is 0 Å². The average molecular weight is 253 g/mol. The minimum Gasteiger partial charge on any atom is -0.480 e.